The lowest BCUT2D eigenvalue weighted by molar-refractivity contribution is -0.0498. The van der Waals surface area contributed by atoms with E-state index in [1.807, 2.05) is 42.5 Å². The highest BCUT2D eigenvalue weighted by atomic mass is 35.5. The number of nitrogens with one attached hydrogen (secondary N) is 2. The SMILES string of the molecule is FC(F)Oc1ccc(NC2(Cc3cccc(Cl)c3)CNc3cc(Cl)ccc32)cc1. The van der Waals surface area contributed by atoms with Crippen LogP contribution in [0, 0.1) is 0 Å². The Balaban J connectivity index is 1.68. The topological polar surface area (TPSA) is 33.3 Å². The Bertz CT molecular complexity index is 1010. The number of fused-ring (bicyclic) bond motifs is 1. The number of alkyl halides is 2. The van der Waals surface area contributed by atoms with Gasteiger partial charge >= 0.3 is 6.61 Å². The Kier molecular flexibility index (Phi) is 5.52. The third-order valence-electron chi connectivity index (χ3n) is 4.94. The third-order valence-corrected chi connectivity index (χ3v) is 5.41. The van der Waals surface area contributed by atoms with E-state index in [1.165, 1.54) is 12.1 Å². The molecule has 150 valence electrons. The van der Waals surface area contributed by atoms with Gasteiger partial charge in [0.25, 0.3) is 0 Å². The molecule has 0 aliphatic carbocycles. The van der Waals surface area contributed by atoms with Crippen molar-refractivity contribution in [1.29, 1.82) is 0 Å². The molecule has 2 N–H and O–H groups in total. The van der Waals surface area contributed by atoms with Crippen molar-refractivity contribution in [1.82, 2.24) is 0 Å². The first-order valence-electron chi connectivity index (χ1n) is 9.05. The van der Waals surface area contributed by atoms with Crippen LogP contribution in [0.4, 0.5) is 20.2 Å². The number of ether oxygens (including phenoxy) is 1. The molecule has 0 saturated carbocycles. The first-order valence-corrected chi connectivity index (χ1v) is 9.81. The molecule has 3 aromatic rings. The fourth-order valence-electron chi connectivity index (χ4n) is 3.73. The fourth-order valence-corrected chi connectivity index (χ4v) is 4.11. The average Bonchev–Trinajstić information content (AvgIpc) is 3.00. The zero-order valence-electron chi connectivity index (χ0n) is 15.3. The molecule has 0 fully saturated rings. The van der Waals surface area contributed by atoms with Gasteiger partial charge in [-0.15, -0.1) is 0 Å². The van der Waals surface area contributed by atoms with Gasteiger partial charge in [-0.3, -0.25) is 0 Å². The maximum atomic E-state index is 12.4. The van der Waals surface area contributed by atoms with Crippen molar-refractivity contribution in [3.8, 4) is 5.75 Å². The summed E-state index contributed by atoms with van der Waals surface area (Å²) in [6, 6.07) is 20.0. The van der Waals surface area contributed by atoms with Crippen LogP contribution in [0.25, 0.3) is 0 Å². The van der Waals surface area contributed by atoms with Crippen molar-refractivity contribution in [3.63, 3.8) is 0 Å². The maximum absolute atomic E-state index is 12.4. The average molecular weight is 435 g/mol. The molecular weight excluding hydrogens is 417 g/mol. The van der Waals surface area contributed by atoms with Crippen LogP contribution in [-0.2, 0) is 12.0 Å². The van der Waals surface area contributed by atoms with E-state index in [9.17, 15) is 8.78 Å². The number of hydrogen-bond acceptors (Lipinski definition) is 3. The van der Waals surface area contributed by atoms with E-state index in [0.29, 0.717) is 23.0 Å². The predicted octanol–water partition coefficient (Wildman–Crippen LogP) is 6.57. The summed E-state index contributed by atoms with van der Waals surface area (Å²) < 4.78 is 29.3. The van der Waals surface area contributed by atoms with Crippen LogP contribution in [0.1, 0.15) is 11.1 Å². The highest BCUT2D eigenvalue weighted by Crippen LogP contribution is 2.41. The van der Waals surface area contributed by atoms with Gasteiger partial charge in [0.15, 0.2) is 0 Å². The van der Waals surface area contributed by atoms with Crippen LogP contribution >= 0.6 is 23.2 Å². The van der Waals surface area contributed by atoms with E-state index in [2.05, 4.69) is 15.4 Å². The number of anilines is 2. The zero-order valence-corrected chi connectivity index (χ0v) is 16.8. The molecule has 0 radical (unpaired) electrons. The largest absolute Gasteiger partial charge is 0.435 e. The minimum absolute atomic E-state index is 0.117. The van der Waals surface area contributed by atoms with Crippen molar-refractivity contribution < 1.29 is 13.5 Å². The van der Waals surface area contributed by atoms with Gasteiger partial charge in [0.05, 0.1) is 5.54 Å². The van der Waals surface area contributed by atoms with Gasteiger partial charge in [0.2, 0.25) is 0 Å². The van der Waals surface area contributed by atoms with Crippen molar-refractivity contribution in [2.24, 2.45) is 0 Å². The Morgan fingerprint density at radius 1 is 1.00 bits per heavy atom. The lowest BCUT2D eigenvalue weighted by Crippen LogP contribution is -2.39. The molecule has 1 atom stereocenters. The summed E-state index contributed by atoms with van der Waals surface area (Å²) in [7, 11) is 0. The van der Waals surface area contributed by atoms with Gasteiger partial charge in [-0.2, -0.15) is 8.78 Å². The Labute approximate surface area is 177 Å². The molecule has 0 spiro atoms. The van der Waals surface area contributed by atoms with Crippen LogP contribution in [0.3, 0.4) is 0 Å². The quantitative estimate of drug-likeness (QED) is 0.460. The van der Waals surface area contributed by atoms with Crippen LogP contribution in [0.2, 0.25) is 10.0 Å². The van der Waals surface area contributed by atoms with Gasteiger partial charge in [0, 0.05) is 39.9 Å². The fraction of sp³-hybridized carbons (Fsp3) is 0.182. The molecule has 4 rings (SSSR count). The van der Waals surface area contributed by atoms with Gasteiger partial charge in [-0.1, -0.05) is 41.4 Å². The first kappa shape index (κ1) is 19.8. The Hall–Kier alpha value is -2.50. The monoisotopic (exact) mass is 434 g/mol. The van der Waals surface area contributed by atoms with Crippen LogP contribution in [-0.4, -0.2) is 13.2 Å². The molecule has 0 bridgehead atoms. The number of hydrogen-bond donors (Lipinski definition) is 2. The summed E-state index contributed by atoms with van der Waals surface area (Å²) in [6.07, 6.45) is 0.671. The number of rotatable bonds is 6. The smallest absolute Gasteiger partial charge is 0.387 e. The summed E-state index contributed by atoms with van der Waals surface area (Å²) in [5.74, 6) is 0.117. The van der Waals surface area contributed by atoms with E-state index in [1.54, 1.807) is 12.1 Å². The second-order valence-electron chi connectivity index (χ2n) is 6.96. The van der Waals surface area contributed by atoms with Crippen molar-refractivity contribution in [3.05, 3.63) is 87.9 Å². The molecule has 7 heteroatoms. The highest BCUT2D eigenvalue weighted by molar-refractivity contribution is 6.31. The summed E-state index contributed by atoms with van der Waals surface area (Å²) in [6.45, 7) is -2.22. The Morgan fingerprint density at radius 2 is 1.76 bits per heavy atom. The molecule has 1 aliphatic heterocycles. The van der Waals surface area contributed by atoms with Gasteiger partial charge in [-0.05, 0) is 54.1 Å². The molecule has 1 aliphatic rings. The first-order chi connectivity index (χ1) is 13.9. The zero-order chi connectivity index (χ0) is 20.4. The molecule has 0 saturated heterocycles. The molecule has 0 aromatic heterocycles. The number of halogens is 4. The van der Waals surface area contributed by atoms with Gasteiger partial charge < -0.3 is 15.4 Å². The van der Waals surface area contributed by atoms with E-state index in [-0.39, 0.29) is 5.75 Å². The number of benzene rings is 3. The minimum Gasteiger partial charge on any atom is -0.435 e. The van der Waals surface area contributed by atoms with Crippen LogP contribution in [0.15, 0.2) is 66.7 Å². The second kappa shape index (κ2) is 8.09. The van der Waals surface area contributed by atoms with Crippen LogP contribution < -0.4 is 15.4 Å². The predicted molar refractivity (Wildman–Crippen MR) is 113 cm³/mol. The highest BCUT2D eigenvalue weighted by Gasteiger charge is 2.39. The lowest BCUT2D eigenvalue weighted by Gasteiger charge is -2.32. The summed E-state index contributed by atoms with van der Waals surface area (Å²) in [5, 5.41) is 8.34. The minimum atomic E-state index is -2.85. The maximum Gasteiger partial charge on any atom is 0.387 e. The normalized spacial score (nSPS) is 17.7. The molecule has 3 nitrogen and oxygen atoms in total. The van der Waals surface area contributed by atoms with E-state index >= 15 is 0 Å². The van der Waals surface area contributed by atoms with Crippen LogP contribution in [0.5, 0.6) is 5.75 Å². The van der Waals surface area contributed by atoms with Gasteiger partial charge in [0.1, 0.15) is 5.75 Å². The van der Waals surface area contributed by atoms with Crippen molar-refractivity contribution >= 4 is 34.6 Å². The van der Waals surface area contributed by atoms with Crippen molar-refractivity contribution in [2.45, 2.75) is 18.6 Å². The molecular formula is C22H18Cl2F2N2O. The summed E-state index contributed by atoms with van der Waals surface area (Å²) in [4.78, 5) is 0. The second-order valence-corrected chi connectivity index (χ2v) is 7.83. The molecule has 1 heterocycles. The van der Waals surface area contributed by atoms with E-state index in [0.717, 1.165) is 22.5 Å². The molecule has 1 unspecified atom stereocenters. The van der Waals surface area contributed by atoms with Crippen molar-refractivity contribution in [2.75, 3.05) is 17.2 Å². The third kappa shape index (κ3) is 4.41. The summed E-state index contributed by atoms with van der Waals surface area (Å²) in [5.41, 5.74) is 3.44. The lowest BCUT2D eigenvalue weighted by atomic mass is 9.85. The van der Waals surface area contributed by atoms with E-state index in [4.69, 9.17) is 23.2 Å². The van der Waals surface area contributed by atoms with Gasteiger partial charge in [-0.25, -0.2) is 0 Å². The van der Waals surface area contributed by atoms with E-state index < -0.39 is 12.2 Å². The summed E-state index contributed by atoms with van der Waals surface area (Å²) >= 11 is 12.4. The molecule has 3 aromatic carbocycles. The molecule has 29 heavy (non-hydrogen) atoms. The molecule has 0 amide bonds. The Morgan fingerprint density at radius 3 is 2.48 bits per heavy atom. The standard InChI is InChI=1S/C22H18Cl2F2N2O/c23-15-3-1-2-14(10-15)12-22(13-27-20-11-16(24)4-9-19(20)22)28-17-5-7-18(8-6-17)29-21(25)26/h1-11,21,27-28H,12-13H2.